The van der Waals surface area contributed by atoms with E-state index in [1.165, 1.54) is 54.7 Å². The Hall–Kier alpha value is -9.72. The van der Waals surface area contributed by atoms with E-state index in [1.807, 2.05) is 12.4 Å². The van der Waals surface area contributed by atoms with Crippen LogP contribution in [0.2, 0.25) is 0 Å². The SMILES string of the molecule is CC(C)(C)c1ccnc(-n2c3ccc(-c4ccc5c(c4)c4ccccc4n5-c4ccccc4)cc3c3ccc(Oc4ccc5c6cc(-n7c8ccccc8c8ccccc87)ccc6n(-c6cc(C(C)(C)C)ccn6)c5c4)cc32)c1. The zero-order valence-electron chi connectivity index (χ0n) is 45.0. The van der Waals surface area contributed by atoms with E-state index >= 15 is 0 Å². The largest absolute Gasteiger partial charge is 0.457 e. The molecule has 0 aliphatic rings. The lowest BCUT2D eigenvalue weighted by Crippen LogP contribution is -2.12. The normalized spacial score (nSPS) is 12.4. The number of pyridine rings is 2. The fourth-order valence-corrected chi connectivity index (χ4v) is 12.3. The van der Waals surface area contributed by atoms with Gasteiger partial charge in [0.15, 0.2) is 0 Å². The summed E-state index contributed by atoms with van der Waals surface area (Å²) in [6, 6.07) is 79.0. The summed E-state index contributed by atoms with van der Waals surface area (Å²) in [7, 11) is 0. The zero-order chi connectivity index (χ0) is 53.3. The van der Waals surface area contributed by atoms with E-state index in [1.54, 1.807) is 0 Å². The maximum Gasteiger partial charge on any atom is 0.137 e. The summed E-state index contributed by atoms with van der Waals surface area (Å²) in [5.41, 5.74) is 15.8. The quantitative estimate of drug-likeness (QED) is 0.160. The van der Waals surface area contributed by atoms with Gasteiger partial charge in [-0.2, -0.15) is 0 Å². The summed E-state index contributed by atoms with van der Waals surface area (Å²) in [6.07, 6.45) is 3.88. The van der Waals surface area contributed by atoms with Crippen LogP contribution in [0.4, 0.5) is 0 Å². The van der Waals surface area contributed by atoms with Crippen LogP contribution in [0.5, 0.6) is 11.5 Å². The molecule has 0 bridgehead atoms. The molecule has 6 heterocycles. The van der Waals surface area contributed by atoms with E-state index in [2.05, 4.69) is 278 Å². The predicted octanol–water partition coefficient (Wildman–Crippen LogP) is 18.9. The lowest BCUT2D eigenvalue weighted by molar-refractivity contribution is 0.484. The van der Waals surface area contributed by atoms with Crippen molar-refractivity contribution in [2.45, 2.75) is 52.4 Å². The van der Waals surface area contributed by atoms with Gasteiger partial charge in [0.2, 0.25) is 0 Å². The Morgan fingerprint density at radius 2 is 0.684 bits per heavy atom. The van der Waals surface area contributed by atoms with Gasteiger partial charge in [-0.1, -0.05) is 126 Å². The number of hydrogen-bond acceptors (Lipinski definition) is 3. The van der Waals surface area contributed by atoms with Gasteiger partial charge in [-0.05, 0) is 154 Å². The van der Waals surface area contributed by atoms with Gasteiger partial charge in [0.05, 0.1) is 44.1 Å². The summed E-state index contributed by atoms with van der Waals surface area (Å²) < 4.78 is 16.4. The van der Waals surface area contributed by atoms with E-state index in [9.17, 15) is 0 Å². The summed E-state index contributed by atoms with van der Waals surface area (Å²) in [4.78, 5) is 10.1. The van der Waals surface area contributed by atoms with Crippen LogP contribution >= 0.6 is 0 Å². The Morgan fingerprint density at radius 3 is 1.18 bits per heavy atom. The number of para-hydroxylation sites is 4. The van der Waals surface area contributed by atoms with Crippen molar-refractivity contribution in [3.8, 4) is 45.6 Å². The number of nitrogens with zero attached hydrogens (tertiary/aromatic N) is 6. The van der Waals surface area contributed by atoms with Crippen molar-refractivity contribution >= 4 is 87.2 Å². The highest BCUT2D eigenvalue weighted by atomic mass is 16.5. The second-order valence-corrected chi connectivity index (χ2v) is 23.2. The van der Waals surface area contributed by atoms with Crippen LogP contribution in [-0.4, -0.2) is 28.2 Å². The molecule has 6 aromatic heterocycles. The van der Waals surface area contributed by atoms with Crippen molar-refractivity contribution in [2.75, 3.05) is 0 Å². The molecule has 79 heavy (non-hydrogen) atoms. The molecule has 7 nitrogen and oxygen atoms in total. The Labute approximate surface area is 457 Å². The van der Waals surface area contributed by atoms with Gasteiger partial charge >= 0.3 is 0 Å². The van der Waals surface area contributed by atoms with Gasteiger partial charge < -0.3 is 13.9 Å². The molecule has 0 fully saturated rings. The average molecular weight is 1020 g/mol. The highest BCUT2D eigenvalue weighted by molar-refractivity contribution is 6.14. The average Bonchev–Trinajstić information content (AvgIpc) is 4.41. The van der Waals surface area contributed by atoms with E-state index < -0.39 is 0 Å². The number of aromatic nitrogens is 6. The molecule has 0 saturated heterocycles. The van der Waals surface area contributed by atoms with Crippen molar-refractivity contribution < 1.29 is 4.74 Å². The fourth-order valence-electron chi connectivity index (χ4n) is 12.3. The molecular weight excluding hydrogens is 965 g/mol. The van der Waals surface area contributed by atoms with Crippen LogP contribution in [0, 0.1) is 0 Å². The maximum absolute atomic E-state index is 7.03. The third-order valence-corrected chi connectivity index (χ3v) is 16.2. The van der Waals surface area contributed by atoms with Crippen molar-refractivity contribution in [1.82, 2.24) is 28.2 Å². The zero-order valence-corrected chi connectivity index (χ0v) is 45.0. The van der Waals surface area contributed by atoms with Gasteiger partial charge in [-0.3, -0.25) is 9.13 Å². The number of rotatable bonds is 7. The molecule has 0 spiro atoms. The molecule has 7 heteroatoms. The van der Waals surface area contributed by atoms with Crippen LogP contribution in [0.25, 0.3) is 121 Å². The van der Waals surface area contributed by atoms with E-state index in [-0.39, 0.29) is 10.8 Å². The monoisotopic (exact) mass is 1020 g/mol. The predicted molar refractivity (Wildman–Crippen MR) is 329 cm³/mol. The molecule has 0 radical (unpaired) electrons. The molecule has 15 rings (SSSR count). The number of benzene rings is 9. The minimum absolute atomic E-state index is 0.0690. The molecule has 380 valence electrons. The maximum atomic E-state index is 7.03. The topological polar surface area (TPSA) is 54.7 Å². The van der Waals surface area contributed by atoms with Crippen molar-refractivity contribution in [3.05, 3.63) is 242 Å². The van der Waals surface area contributed by atoms with Gasteiger partial charge in [-0.25, -0.2) is 9.97 Å². The third-order valence-electron chi connectivity index (χ3n) is 16.2. The molecular formula is C72H56N6O. The second kappa shape index (κ2) is 17.4. The molecule has 0 atom stereocenters. The minimum Gasteiger partial charge on any atom is -0.457 e. The molecule has 0 N–H and O–H groups in total. The molecule has 0 saturated carbocycles. The third kappa shape index (κ3) is 7.48. The molecule has 9 aromatic carbocycles. The standard InChI is InChI=1S/C72H56N6O/c1-71(2,3)47-34-36-73-69(40-47)77-65-32-25-46(45-24-31-64-58(38-45)55-20-12-15-23-63(55)75(64)49-16-8-7-9-17-49)39-59(65)56-29-27-51(43-67(56)77)79-52-28-30-57-60-42-50(76-61-21-13-10-18-53(61)54-19-11-14-22-62(54)76)26-33-66(60)78(68(57)44-52)70-41-48(35-37-74-70)72(4,5)6/h7-44H,1-6H3. The lowest BCUT2D eigenvalue weighted by Gasteiger charge is -2.20. The minimum atomic E-state index is -0.0720. The number of fused-ring (bicyclic) bond motifs is 12. The summed E-state index contributed by atoms with van der Waals surface area (Å²) >= 11 is 0. The number of ether oxygens (including phenoxy) is 1. The van der Waals surface area contributed by atoms with Crippen molar-refractivity contribution in [3.63, 3.8) is 0 Å². The Kier molecular flexibility index (Phi) is 10.3. The van der Waals surface area contributed by atoms with Crippen LogP contribution in [0.1, 0.15) is 52.7 Å². The Balaban J connectivity index is 0.880. The smallest absolute Gasteiger partial charge is 0.137 e. The first kappa shape index (κ1) is 46.6. The van der Waals surface area contributed by atoms with E-state index in [4.69, 9.17) is 14.7 Å². The lowest BCUT2D eigenvalue weighted by atomic mass is 9.88. The van der Waals surface area contributed by atoms with Crippen LogP contribution in [0.15, 0.2) is 231 Å². The van der Waals surface area contributed by atoms with Crippen molar-refractivity contribution in [2.24, 2.45) is 0 Å². The molecule has 15 aromatic rings. The van der Waals surface area contributed by atoms with Gasteiger partial charge in [-0.15, -0.1) is 0 Å². The van der Waals surface area contributed by atoms with Gasteiger partial charge in [0.1, 0.15) is 23.1 Å². The molecule has 0 unspecified atom stereocenters. The second-order valence-electron chi connectivity index (χ2n) is 23.2. The highest BCUT2D eigenvalue weighted by Crippen LogP contribution is 2.43. The van der Waals surface area contributed by atoms with Gasteiger partial charge in [0, 0.05) is 79.0 Å². The Morgan fingerprint density at radius 1 is 0.291 bits per heavy atom. The Bertz CT molecular complexity index is 4900. The highest BCUT2D eigenvalue weighted by Gasteiger charge is 2.23. The van der Waals surface area contributed by atoms with Crippen molar-refractivity contribution in [1.29, 1.82) is 0 Å². The van der Waals surface area contributed by atoms with Gasteiger partial charge in [0.25, 0.3) is 0 Å². The number of hydrogen-bond donors (Lipinski definition) is 0. The summed E-state index contributed by atoms with van der Waals surface area (Å²) in [5, 5.41) is 9.45. The van der Waals surface area contributed by atoms with Crippen LogP contribution in [-0.2, 0) is 10.8 Å². The van der Waals surface area contributed by atoms with E-state index in [0.29, 0.717) is 0 Å². The molecule has 0 aliphatic heterocycles. The van der Waals surface area contributed by atoms with Crippen LogP contribution < -0.4 is 4.74 Å². The van der Waals surface area contributed by atoms with E-state index in [0.717, 1.165) is 89.2 Å². The molecule has 0 amide bonds. The summed E-state index contributed by atoms with van der Waals surface area (Å²) in [6.45, 7) is 13.5. The first-order valence-corrected chi connectivity index (χ1v) is 27.3. The molecule has 0 aliphatic carbocycles. The first-order valence-electron chi connectivity index (χ1n) is 27.3. The summed E-state index contributed by atoms with van der Waals surface area (Å²) in [5.74, 6) is 3.19. The fraction of sp³-hybridized carbons (Fsp3) is 0.111. The van der Waals surface area contributed by atoms with Crippen LogP contribution in [0.3, 0.4) is 0 Å². The first-order chi connectivity index (χ1) is 38.4.